The van der Waals surface area contributed by atoms with Crippen LogP contribution in [0.2, 0.25) is 0 Å². The summed E-state index contributed by atoms with van der Waals surface area (Å²) in [6.45, 7) is 5.59. The first-order valence-electron chi connectivity index (χ1n) is 6.14. The molecule has 4 heteroatoms. The number of halogens is 2. The smallest absolute Gasteiger partial charge is 0.0522 e. The molecule has 0 saturated carbocycles. The van der Waals surface area contributed by atoms with E-state index in [1.165, 1.54) is 23.0 Å². The number of rotatable bonds is 2. The number of hydrogen-bond acceptors (Lipinski definition) is 2. The second kappa shape index (κ2) is 6.21. The minimum Gasteiger partial charge on any atom is -0.369 e. The normalized spacial score (nSPS) is 21.4. The van der Waals surface area contributed by atoms with E-state index in [-0.39, 0.29) is 0 Å². The lowest BCUT2D eigenvalue weighted by Crippen LogP contribution is -2.37. The van der Waals surface area contributed by atoms with Gasteiger partial charge in [0.2, 0.25) is 0 Å². The summed E-state index contributed by atoms with van der Waals surface area (Å²) < 4.78 is 2.32. The highest BCUT2D eigenvalue weighted by molar-refractivity contribution is 9.11. The minimum absolute atomic E-state index is 0.600. The highest BCUT2D eigenvalue weighted by Crippen LogP contribution is 2.30. The van der Waals surface area contributed by atoms with Crippen LogP contribution in [0.15, 0.2) is 27.1 Å². The van der Waals surface area contributed by atoms with Crippen molar-refractivity contribution in [2.45, 2.75) is 25.8 Å². The standard InChI is InChI=1S/C13H18Br2N2/c1-2-11-9-17(7-3-6-16-11)13-8-10(14)4-5-12(13)15/h4-5,8,11,16H,2-3,6-7,9H2,1H3. The highest BCUT2D eigenvalue weighted by atomic mass is 79.9. The maximum atomic E-state index is 3.65. The zero-order valence-electron chi connectivity index (χ0n) is 10.0. The molecule has 1 aromatic rings. The van der Waals surface area contributed by atoms with Crippen molar-refractivity contribution >= 4 is 37.5 Å². The van der Waals surface area contributed by atoms with Crippen molar-refractivity contribution < 1.29 is 0 Å². The van der Waals surface area contributed by atoms with Crippen LogP contribution in [0.4, 0.5) is 5.69 Å². The molecule has 1 aliphatic rings. The Morgan fingerprint density at radius 1 is 1.41 bits per heavy atom. The average molecular weight is 362 g/mol. The molecular formula is C13H18Br2N2. The van der Waals surface area contributed by atoms with Crippen LogP contribution in [-0.2, 0) is 0 Å². The Morgan fingerprint density at radius 3 is 3.00 bits per heavy atom. The SMILES string of the molecule is CCC1CN(c2cc(Br)ccc2Br)CCCN1. The van der Waals surface area contributed by atoms with Gasteiger partial charge in [0, 0.05) is 28.1 Å². The zero-order chi connectivity index (χ0) is 12.3. The van der Waals surface area contributed by atoms with Gasteiger partial charge in [0.1, 0.15) is 0 Å². The van der Waals surface area contributed by atoms with Crippen LogP contribution in [0, 0.1) is 0 Å². The first-order valence-corrected chi connectivity index (χ1v) is 7.72. The van der Waals surface area contributed by atoms with Gasteiger partial charge in [-0.2, -0.15) is 0 Å². The molecule has 0 bridgehead atoms. The van der Waals surface area contributed by atoms with Gasteiger partial charge >= 0.3 is 0 Å². The number of benzene rings is 1. The molecule has 0 amide bonds. The van der Waals surface area contributed by atoms with Gasteiger partial charge in [-0.05, 0) is 53.5 Å². The van der Waals surface area contributed by atoms with E-state index < -0.39 is 0 Å². The van der Waals surface area contributed by atoms with E-state index in [9.17, 15) is 0 Å². The Bertz CT molecular complexity index is 382. The summed E-state index contributed by atoms with van der Waals surface area (Å²) in [5, 5.41) is 3.60. The van der Waals surface area contributed by atoms with Gasteiger partial charge in [0.15, 0.2) is 0 Å². The van der Waals surface area contributed by atoms with Crippen molar-refractivity contribution in [3.63, 3.8) is 0 Å². The first-order chi connectivity index (χ1) is 8.20. The number of hydrogen-bond donors (Lipinski definition) is 1. The molecule has 1 atom stereocenters. The van der Waals surface area contributed by atoms with Crippen molar-refractivity contribution in [1.29, 1.82) is 0 Å². The van der Waals surface area contributed by atoms with Crippen LogP contribution < -0.4 is 10.2 Å². The van der Waals surface area contributed by atoms with E-state index in [1.807, 2.05) is 0 Å². The van der Waals surface area contributed by atoms with E-state index in [1.54, 1.807) is 0 Å². The molecule has 17 heavy (non-hydrogen) atoms. The van der Waals surface area contributed by atoms with E-state index in [0.29, 0.717) is 6.04 Å². The molecule has 1 saturated heterocycles. The van der Waals surface area contributed by atoms with Crippen molar-refractivity contribution in [2.24, 2.45) is 0 Å². The summed E-state index contributed by atoms with van der Waals surface area (Å²) >= 11 is 7.20. The summed E-state index contributed by atoms with van der Waals surface area (Å²) in [5.41, 5.74) is 1.29. The average Bonchev–Trinajstić information content (AvgIpc) is 2.57. The Labute approximate surface area is 120 Å². The van der Waals surface area contributed by atoms with Gasteiger partial charge in [0.25, 0.3) is 0 Å². The molecule has 1 N–H and O–H groups in total. The van der Waals surface area contributed by atoms with Gasteiger partial charge < -0.3 is 10.2 Å². The molecule has 1 aromatic carbocycles. The van der Waals surface area contributed by atoms with E-state index >= 15 is 0 Å². The summed E-state index contributed by atoms with van der Waals surface area (Å²) in [4.78, 5) is 2.48. The fraction of sp³-hybridized carbons (Fsp3) is 0.538. The molecule has 1 heterocycles. The first kappa shape index (κ1) is 13.4. The molecule has 0 spiro atoms. The Hall–Kier alpha value is -0.0600. The topological polar surface area (TPSA) is 15.3 Å². The van der Waals surface area contributed by atoms with Crippen LogP contribution in [0.5, 0.6) is 0 Å². The molecule has 2 nitrogen and oxygen atoms in total. The van der Waals surface area contributed by atoms with Crippen molar-refractivity contribution in [2.75, 3.05) is 24.5 Å². The maximum Gasteiger partial charge on any atom is 0.0522 e. The van der Waals surface area contributed by atoms with Gasteiger partial charge in [-0.3, -0.25) is 0 Å². The van der Waals surface area contributed by atoms with Gasteiger partial charge in [-0.15, -0.1) is 0 Å². The predicted octanol–water partition coefficient (Wildman–Crippen LogP) is 3.79. The molecule has 0 radical (unpaired) electrons. The van der Waals surface area contributed by atoms with E-state index in [2.05, 4.69) is 67.2 Å². The summed E-state index contributed by atoms with van der Waals surface area (Å²) in [6.07, 6.45) is 2.39. The van der Waals surface area contributed by atoms with E-state index in [0.717, 1.165) is 24.1 Å². The summed E-state index contributed by atoms with van der Waals surface area (Å²) in [7, 11) is 0. The lowest BCUT2D eigenvalue weighted by atomic mass is 10.2. The second-order valence-electron chi connectivity index (χ2n) is 4.45. The maximum absolute atomic E-state index is 3.65. The van der Waals surface area contributed by atoms with Crippen LogP contribution in [0.3, 0.4) is 0 Å². The summed E-state index contributed by atoms with van der Waals surface area (Å²) in [5.74, 6) is 0. The third-order valence-electron chi connectivity index (χ3n) is 3.22. The molecule has 94 valence electrons. The molecule has 1 fully saturated rings. The third-order valence-corrected chi connectivity index (χ3v) is 4.38. The monoisotopic (exact) mass is 360 g/mol. The molecule has 1 aliphatic heterocycles. The third kappa shape index (κ3) is 3.46. The Balaban J connectivity index is 2.21. The number of anilines is 1. The van der Waals surface area contributed by atoms with E-state index in [4.69, 9.17) is 0 Å². The highest BCUT2D eigenvalue weighted by Gasteiger charge is 2.18. The molecular weight excluding hydrogens is 344 g/mol. The fourth-order valence-corrected chi connectivity index (χ4v) is 3.06. The summed E-state index contributed by atoms with van der Waals surface area (Å²) in [6, 6.07) is 6.98. The van der Waals surface area contributed by atoms with Crippen molar-refractivity contribution in [1.82, 2.24) is 5.32 Å². The lowest BCUT2D eigenvalue weighted by molar-refractivity contribution is 0.528. The van der Waals surface area contributed by atoms with Gasteiger partial charge in [-0.1, -0.05) is 22.9 Å². The van der Waals surface area contributed by atoms with Gasteiger partial charge in [-0.25, -0.2) is 0 Å². The van der Waals surface area contributed by atoms with Crippen molar-refractivity contribution in [3.8, 4) is 0 Å². The Kier molecular flexibility index (Phi) is 4.88. The number of nitrogens with zero attached hydrogens (tertiary/aromatic N) is 1. The molecule has 1 unspecified atom stereocenters. The van der Waals surface area contributed by atoms with Gasteiger partial charge in [0.05, 0.1) is 5.69 Å². The van der Waals surface area contributed by atoms with Crippen LogP contribution in [0.25, 0.3) is 0 Å². The van der Waals surface area contributed by atoms with Crippen LogP contribution >= 0.6 is 31.9 Å². The lowest BCUT2D eigenvalue weighted by Gasteiger charge is -2.27. The largest absolute Gasteiger partial charge is 0.369 e. The molecule has 2 rings (SSSR count). The van der Waals surface area contributed by atoms with Crippen molar-refractivity contribution in [3.05, 3.63) is 27.1 Å². The zero-order valence-corrected chi connectivity index (χ0v) is 13.2. The Morgan fingerprint density at radius 2 is 2.24 bits per heavy atom. The van der Waals surface area contributed by atoms with Crippen LogP contribution in [0.1, 0.15) is 19.8 Å². The molecule has 0 aromatic heterocycles. The minimum atomic E-state index is 0.600. The predicted molar refractivity (Wildman–Crippen MR) is 80.8 cm³/mol. The number of nitrogens with one attached hydrogen (secondary N) is 1. The molecule has 0 aliphatic carbocycles. The van der Waals surface area contributed by atoms with Crippen LogP contribution in [-0.4, -0.2) is 25.7 Å². The second-order valence-corrected chi connectivity index (χ2v) is 6.22. The fourth-order valence-electron chi connectivity index (χ4n) is 2.22. The quantitative estimate of drug-likeness (QED) is 0.862.